The molecule has 1 aromatic rings. The van der Waals surface area contributed by atoms with Gasteiger partial charge in [0.15, 0.2) is 0 Å². The van der Waals surface area contributed by atoms with Gasteiger partial charge >= 0.3 is 0 Å². The van der Waals surface area contributed by atoms with Gasteiger partial charge in [-0.1, -0.05) is 48.9 Å². The van der Waals surface area contributed by atoms with Gasteiger partial charge in [0.2, 0.25) is 0 Å². The number of benzene rings is 1. The maximum atomic E-state index is 5.87. The van der Waals surface area contributed by atoms with E-state index in [0.717, 1.165) is 26.1 Å². The summed E-state index contributed by atoms with van der Waals surface area (Å²) in [6.07, 6.45) is 1.13. The van der Waals surface area contributed by atoms with Crippen LogP contribution in [0.4, 0.5) is 0 Å². The minimum atomic E-state index is 0.192. The van der Waals surface area contributed by atoms with Crippen LogP contribution in [0, 0.1) is 0 Å². The fourth-order valence-electron chi connectivity index (χ4n) is 2.85. The lowest BCUT2D eigenvalue weighted by atomic mass is 9.91. The molecule has 110 valence electrons. The van der Waals surface area contributed by atoms with Crippen molar-refractivity contribution in [1.29, 1.82) is 0 Å². The summed E-state index contributed by atoms with van der Waals surface area (Å²) in [5, 5.41) is 3.72. The normalized spacial score (nSPS) is 28.6. The van der Waals surface area contributed by atoms with Gasteiger partial charge in [-0.3, -0.25) is 4.90 Å². The quantitative estimate of drug-likeness (QED) is 0.904. The van der Waals surface area contributed by atoms with Crippen molar-refractivity contribution < 1.29 is 0 Å². The predicted octanol–water partition coefficient (Wildman–Crippen LogP) is 3.94. The average molecular weight is 293 g/mol. The van der Waals surface area contributed by atoms with Crippen LogP contribution in [0.2, 0.25) is 0 Å². The molecule has 0 saturated carbocycles. The van der Waals surface area contributed by atoms with E-state index in [2.05, 4.69) is 61.3 Å². The van der Waals surface area contributed by atoms with Crippen LogP contribution >= 0.6 is 11.6 Å². The highest BCUT2D eigenvalue weighted by atomic mass is 35.5. The lowest BCUT2D eigenvalue weighted by molar-refractivity contribution is 0.0931. The van der Waals surface area contributed by atoms with Gasteiger partial charge in [0, 0.05) is 36.8 Å². The molecule has 2 nitrogen and oxygen atoms in total. The summed E-state index contributed by atoms with van der Waals surface area (Å²) in [7, 11) is 0. The molecule has 20 heavy (non-hydrogen) atoms. The van der Waals surface area contributed by atoms with Crippen LogP contribution in [0.15, 0.2) is 41.4 Å². The lowest BCUT2D eigenvalue weighted by Gasteiger charge is -2.46. The molecule has 3 heteroatoms. The standard InChI is InChI=1S/C17H25ClN2/c1-4-17(3)13-20(12-14(2)10-18)16(11-19-17)15-8-6-5-7-9-15/h5-10,16,19H,4,11-13H2,1-3H3/b14-10+. The number of hydrogen-bond donors (Lipinski definition) is 1. The van der Waals surface area contributed by atoms with Gasteiger partial charge in [0.1, 0.15) is 0 Å². The number of piperazine rings is 1. The predicted molar refractivity (Wildman–Crippen MR) is 87.1 cm³/mol. The molecule has 1 aliphatic heterocycles. The Labute approximate surface area is 127 Å². The van der Waals surface area contributed by atoms with E-state index in [4.69, 9.17) is 11.6 Å². The van der Waals surface area contributed by atoms with Crippen molar-refractivity contribution in [3.8, 4) is 0 Å². The first-order valence-electron chi connectivity index (χ1n) is 7.38. The van der Waals surface area contributed by atoms with Crippen LogP contribution in [0.1, 0.15) is 38.8 Å². The molecule has 1 aliphatic rings. The first-order chi connectivity index (χ1) is 9.58. The average Bonchev–Trinajstić information content (AvgIpc) is 2.48. The molecule has 2 atom stereocenters. The second kappa shape index (κ2) is 6.75. The molecule has 1 fully saturated rings. The van der Waals surface area contributed by atoms with Crippen LogP contribution in [-0.4, -0.2) is 30.1 Å². The zero-order valence-electron chi connectivity index (χ0n) is 12.7. The molecule has 1 N–H and O–H groups in total. The van der Waals surface area contributed by atoms with E-state index >= 15 is 0 Å². The van der Waals surface area contributed by atoms with Gasteiger partial charge < -0.3 is 5.32 Å². The van der Waals surface area contributed by atoms with Crippen LogP contribution in [0.25, 0.3) is 0 Å². The summed E-state index contributed by atoms with van der Waals surface area (Å²) in [5.74, 6) is 0. The highest BCUT2D eigenvalue weighted by molar-refractivity contribution is 6.25. The van der Waals surface area contributed by atoms with Crippen molar-refractivity contribution >= 4 is 11.6 Å². The Bertz CT molecular complexity index is 457. The molecular formula is C17H25ClN2. The third kappa shape index (κ3) is 3.63. The second-order valence-corrected chi connectivity index (χ2v) is 6.30. The Morgan fingerprint density at radius 3 is 2.75 bits per heavy atom. The highest BCUT2D eigenvalue weighted by Crippen LogP contribution is 2.29. The van der Waals surface area contributed by atoms with Crippen molar-refractivity contribution in [1.82, 2.24) is 10.2 Å². The van der Waals surface area contributed by atoms with E-state index in [1.807, 2.05) is 0 Å². The molecule has 0 aromatic heterocycles. The second-order valence-electron chi connectivity index (χ2n) is 6.08. The SMILES string of the molecule is CCC1(C)CN(C/C(C)=C/Cl)C(c2ccccc2)CN1. The van der Waals surface area contributed by atoms with E-state index in [9.17, 15) is 0 Å². The molecule has 2 rings (SSSR count). The van der Waals surface area contributed by atoms with Crippen LogP contribution in [0.3, 0.4) is 0 Å². The summed E-state index contributed by atoms with van der Waals surface area (Å²) in [6, 6.07) is 11.2. The minimum Gasteiger partial charge on any atom is -0.308 e. The van der Waals surface area contributed by atoms with Crippen LogP contribution in [0.5, 0.6) is 0 Å². The van der Waals surface area contributed by atoms with Crippen molar-refractivity contribution in [3.05, 3.63) is 47.0 Å². The molecule has 0 spiro atoms. The van der Waals surface area contributed by atoms with Gasteiger partial charge in [-0.15, -0.1) is 0 Å². The van der Waals surface area contributed by atoms with Gasteiger partial charge in [-0.2, -0.15) is 0 Å². The molecule has 1 aromatic carbocycles. The van der Waals surface area contributed by atoms with E-state index < -0.39 is 0 Å². The van der Waals surface area contributed by atoms with E-state index in [1.165, 1.54) is 11.1 Å². The first kappa shape index (κ1) is 15.6. The van der Waals surface area contributed by atoms with Gasteiger partial charge in [0.05, 0.1) is 0 Å². The summed E-state index contributed by atoms with van der Waals surface area (Å²) in [5.41, 5.74) is 4.49. The minimum absolute atomic E-state index is 0.192. The summed E-state index contributed by atoms with van der Waals surface area (Å²) in [6.45, 7) is 9.62. The van der Waals surface area contributed by atoms with E-state index in [0.29, 0.717) is 6.04 Å². The topological polar surface area (TPSA) is 15.3 Å². The Kier molecular flexibility index (Phi) is 5.25. The van der Waals surface area contributed by atoms with Gasteiger partial charge in [0.25, 0.3) is 0 Å². The van der Waals surface area contributed by atoms with Crippen molar-refractivity contribution in [3.63, 3.8) is 0 Å². The van der Waals surface area contributed by atoms with Crippen molar-refractivity contribution in [2.45, 2.75) is 38.8 Å². The molecular weight excluding hydrogens is 268 g/mol. The molecule has 1 saturated heterocycles. The van der Waals surface area contributed by atoms with E-state index in [1.54, 1.807) is 5.54 Å². The maximum absolute atomic E-state index is 5.87. The van der Waals surface area contributed by atoms with Gasteiger partial charge in [-0.05, 0) is 31.4 Å². The molecule has 2 unspecified atom stereocenters. The maximum Gasteiger partial charge on any atom is 0.0477 e. The Balaban J connectivity index is 2.21. The number of hydrogen-bond acceptors (Lipinski definition) is 2. The molecule has 0 aliphatic carbocycles. The number of nitrogens with one attached hydrogen (secondary N) is 1. The Morgan fingerprint density at radius 1 is 1.45 bits per heavy atom. The zero-order valence-corrected chi connectivity index (χ0v) is 13.5. The largest absolute Gasteiger partial charge is 0.308 e. The van der Waals surface area contributed by atoms with Crippen LogP contribution in [-0.2, 0) is 0 Å². The number of rotatable bonds is 4. The third-order valence-corrected chi connectivity index (χ3v) is 4.69. The fourth-order valence-corrected chi connectivity index (χ4v) is 2.92. The molecule has 0 radical (unpaired) electrons. The molecule has 1 heterocycles. The van der Waals surface area contributed by atoms with Crippen LogP contribution < -0.4 is 5.32 Å². The zero-order chi connectivity index (χ0) is 14.6. The summed E-state index contributed by atoms with van der Waals surface area (Å²) >= 11 is 5.87. The monoisotopic (exact) mass is 292 g/mol. The van der Waals surface area contributed by atoms with E-state index in [-0.39, 0.29) is 5.54 Å². The highest BCUT2D eigenvalue weighted by Gasteiger charge is 2.34. The lowest BCUT2D eigenvalue weighted by Crippen LogP contribution is -2.59. The smallest absolute Gasteiger partial charge is 0.0477 e. The summed E-state index contributed by atoms with van der Waals surface area (Å²) < 4.78 is 0. The first-order valence-corrected chi connectivity index (χ1v) is 7.81. The van der Waals surface area contributed by atoms with Crippen molar-refractivity contribution in [2.24, 2.45) is 0 Å². The molecule has 0 amide bonds. The Hall–Kier alpha value is -0.830. The Morgan fingerprint density at radius 2 is 2.15 bits per heavy atom. The van der Waals surface area contributed by atoms with Crippen molar-refractivity contribution in [2.75, 3.05) is 19.6 Å². The number of nitrogens with zero attached hydrogens (tertiary/aromatic N) is 1. The molecule has 0 bridgehead atoms. The third-order valence-electron chi connectivity index (χ3n) is 4.32. The number of halogens is 1. The fraction of sp³-hybridized carbons (Fsp3) is 0.529. The summed E-state index contributed by atoms with van der Waals surface area (Å²) in [4.78, 5) is 2.55. The van der Waals surface area contributed by atoms with Gasteiger partial charge in [-0.25, -0.2) is 0 Å².